The second-order valence-corrected chi connectivity index (χ2v) is 3.37. The lowest BCUT2D eigenvalue weighted by Gasteiger charge is -2.09. The predicted molar refractivity (Wildman–Crippen MR) is 56.9 cm³/mol. The van der Waals surface area contributed by atoms with Crippen molar-refractivity contribution in [1.29, 1.82) is 0 Å². The maximum Gasteiger partial charge on any atom is 0.120 e. The summed E-state index contributed by atoms with van der Waals surface area (Å²) in [6.07, 6.45) is 1.03. The number of aliphatic hydroxyl groups is 2. The molecule has 3 N–H and O–H groups in total. The molecular formula is C11H13NO3. The van der Waals surface area contributed by atoms with Crippen LogP contribution < -0.4 is 4.74 Å². The fraction of sp³-hybridized carbons (Fsp3) is 0.273. The zero-order valence-electron chi connectivity index (χ0n) is 8.18. The molecule has 0 aliphatic carbocycles. The smallest absolute Gasteiger partial charge is 0.120 e. The van der Waals surface area contributed by atoms with Gasteiger partial charge in [-0.2, -0.15) is 0 Å². The summed E-state index contributed by atoms with van der Waals surface area (Å²) in [5.74, 6) is 0.689. The molecule has 15 heavy (non-hydrogen) atoms. The van der Waals surface area contributed by atoms with Crippen LogP contribution in [0.4, 0.5) is 0 Å². The van der Waals surface area contributed by atoms with Gasteiger partial charge in [0.15, 0.2) is 0 Å². The summed E-state index contributed by atoms with van der Waals surface area (Å²) < 4.78 is 5.31. The van der Waals surface area contributed by atoms with Gasteiger partial charge in [-0.15, -0.1) is 0 Å². The molecule has 1 atom stereocenters. The van der Waals surface area contributed by atoms with Crippen LogP contribution in [-0.2, 0) is 0 Å². The Morgan fingerprint density at radius 2 is 2.20 bits per heavy atom. The fourth-order valence-corrected chi connectivity index (χ4v) is 1.37. The molecule has 0 saturated heterocycles. The summed E-state index contributed by atoms with van der Waals surface area (Å²) in [6.45, 7) is -0.182. The molecule has 0 radical (unpaired) electrons. The summed E-state index contributed by atoms with van der Waals surface area (Å²) in [5, 5.41) is 18.8. The van der Waals surface area contributed by atoms with Gasteiger partial charge in [-0.1, -0.05) is 0 Å². The van der Waals surface area contributed by atoms with Gasteiger partial charge in [-0.3, -0.25) is 0 Å². The number of benzene rings is 1. The molecule has 2 rings (SSSR count). The average molecular weight is 207 g/mol. The van der Waals surface area contributed by atoms with Gasteiger partial charge in [0.05, 0.1) is 6.61 Å². The SMILES string of the molecule is OCC(O)COc1ccc2[nH]ccc2c1. The number of aliphatic hydroxyl groups excluding tert-OH is 2. The van der Waals surface area contributed by atoms with E-state index in [9.17, 15) is 0 Å². The third kappa shape index (κ3) is 2.29. The van der Waals surface area contributed by atoms with Crippen molar-refractivity contribution in [3.63, 3.8) is 0 Å². The zero-order valence-corrected chi connectivity index (χ0v) is 8.18. The first kappa shape index (κ1) is 10.0. The van der Waals surface area contributed by atoms with Crippen LogP contribution >= 0.6 is 0 Å². The summed E-state index contributed by atoms with van der Waals surface area (Å²) in [4.78, 5) is 3.08. The fourth-order valence-electron chi connectivity index (χ4n) is 1.37. The molecule has 0 saturated carbocycles. The first-order valence-corrected chi connectivity index (χ1v) is 4.78. The number of H-pyrrole nitrogens is 1. The highest BCUT2D eigenvalue weighted by Gasteiger charge is 2.03. The van der Waals surface area contributed by atoms with Gasteiger partial charge in [-0.25, -0.2) is 0 Å². The van der Waals surface area contributed by atoms with E-state index < -0.39 is 6.10 Å². The van der Waals surface area contributed by atoms with Crippen LogP contribution in [0.2, 0.25) is 0 Å². The number of hydrogen-bond donors (Lipinski definition) is 3. The highest BCUT2D eigenvalue weighted by Crippen LogP contribution is 2.19. The van der Waals surface area contributed by atoms with E-state index in [0.29, 0.717) is 5.75 Å². The Morgan fingerprint density at radius 1 is 1.33 bits per heavy atom. The van der Waals surface area contributed by atoms with Gasteiger partial charge in [0, 0.05) is 17.1 Å². The van der Waals surface area contributed by atoms with Gasteiger partial charge in [0.25, 0.3) is 0 Å². The molecule has 0 aliphatic rings. The predicted octanol–water partition coefficient (Wildman–Crippen LogP) is 0.900. The van der Waals surface area contributed by atoms with Crippen LogP contribution in [0.25, 0.3) is 10.9 Å². The minimum atomic E-state index is -0.827. The standard InChI is InChI=1S/C11H13NO3/c13-6-9(14)7-15-10-1-2-11-8(5-10)3-4-12-11/h1-5,9,12-14H,6-7H2. The van der Waals surface area contributed by atoms with E-state index >= 15 is 0 Å². The summed E-state index contributed by atoms with van der Waals surface area (Å²) in [6, 6.07) is 7.57. The van der Waals surface area contributed by atoms with Crippen LogP contribution in [0, 0.1) is 0 Å². The molecule has 4 heteroatoms. The molecule has 1 unspecified atom stereocenters. The maximum absolute atomic E-state index is 9.11. The van der Waals surface area contributed by atoms with E-state index in [1.165, 1.54) is 0 Å². The first-order valence-electron chi connectivity index (χ1n) is 4.78. The third-order valence-electron chi connectivity index (χ3n) is 2.18. The van der Waals surface area contributed by atoms with Crippen molar-refractivity contribution >= 4 is 10.9 Å². The van der Waals surface area contributed by atoms with Gasteiger partial charge in [-0.05, 0) is 24.3 Å². The average Bonchev–Trinajstić information content (AvgIpc) is 2.72. The molecular weight excluding hydrogens is 194 g/mol. The van der Waals surface area contributed by atoms with E-state index in [2.05, 4.69) is 4.98 Å². The molecule has 4 nitrogen and oxygen atoms in total. The Balaban J connectivity index is 2.08. The van der Waals surface area contributed by atoms with E-state index in [0.717, 1.165) is 10.9 Å². The highest BCUT2D eigenvalue weighted by atomic mass is 16.5. The summed E-state index contributed by atoms with van der Waals surface area (Å²) in [7, 11) is 0. The van der Waals surface area contributed by atoms with E-state index in [-0.39, 0.29) is 13.2 Å². The number of rotatable bonds is 4. The minimum absolute atomic E-state index is 0.104. The molecule has 0 aliphatic heterocycles. The lowest BCUT2D eigenvalue weighted by atomic mass is 10.2. The van der Waals surface area contributed by atoms with Crippen molar-refractivity contribution in [2.24, 2.45) is 0 Å². The van der Waals surface area contributed by atoms with Crippen molar-refractivity contribution in [2.75, 3.05) is 13.2 Å². The number of aromatic amines is 1. The van der Waals surface area contributed by atoms with Crippen molar-refractivity contribution in [3.05, 3.63) is 30.5 Å². The lowest BCUT2D eigenvalue weighted by molar-refractivity contribution is 0.0536. The molecule has 0 bridgehead atoms. The van der Waals surface area contributed by atoms with Crippen LogP contribution in [0.5, 0.6) is 5.75 Å². The Hall–Kier alpha value is -1.52. The Kier molecular flexibility index (Phi) is 2.89. The molecule has 2 aromatic rings. The van der Waals surface area contributed by atoms with Crippen LogP contribution in [0.3, 0.4) is 0 Å². The lowest BCUT2D eigenvalue weighted by Crippen LogP contribution is -2.21. The van der Waals surface area contributed by atoms with Crippen molar-refractivity contribution in [3.8, 4) is 5.75 Å². The highest BCUT2D eigenvalue weighted by molar-refractivity contribution is 5.80. The zero-order chi connectivity index (χ0) is 10.7. The monoisotopic (exact) mass is 207 g/mol. The largest absolute Gasteiger partial charge is 0.491 e. The normalized spacial score (nSPS) is 12.9. The first-order chi connectivity index (χ1) is 7.29. The second kappa shape index (κ2) is 4.33. The van der Waals surface area contributed by atoms with Gasteiger partial charge in [0.2, 0.25) is 0 Å². The van der Waals surface area contributed by atoms with E-state index in [1.807, 2.05) is 30.5 Å². The molecule has 1 heterocycles. The molecule has 80 valence electrons. The quantitative estimate of drug-likeness (QED) is 0.697. The molecule has 1 aromatic heterocycles. The molecule has 0 spiro atoms. The minimum Gasteiger partial charge on any atom is -0.491 e. The van der Waals surface area contributed by atoms with Crippen molar-refractivity contribution in [2.45, 2.75) is 6.10 Å². The number of ether oxygens (including phenoxy) is 1. The van der Waals surface area contributed by atoms with E-state index in [1.54, 1.807) is 0 Å². The maximum atomic E-state index is 9.11. The van der Waals surface area contributed by atoms with Gasteiger partial charge < -0.3 is 19.9 Å². The number of hydrogen-bond acceptors (Lipinski definition) is 3. The molecule has 0 fully saturated rings. The number of aromatic nitrogens is 1. The topological polar surface area (TPSA) is 65.5 Å². The van der Waals surface area contributed by atoms with E-state index in [4.69, 9.17) is 14.9 Å². The summed E-state index contributed by atoms with van der Waals surface area (Å²) in [5.41, 5.74) is 1.05. The van der Waals surface area contributed by atoms with Crippen LogP contribution in [-0.4, -0.2) is 34.5 Å². The van der Waals surface area contributed by atoms with Gasteiger partial charge in [0.1, 0.15) is 18.5 Å². The Labute approximate surface area is 87.1 Å². The van der Waals surface area contributed by atoms with Crippen LogP contribution in [0.1, 0.15) is 0 Å². The molecule has 1 aromatic carbocycles. The van der Waals surface area contributed by atoms with Gasteiger partial charge >= 0.3 is 0 Å². The molecule has 0 amide bonds. The summed E-state index contributed by atoms with van der Waals surface area (Å²) >= 11 is 0. The van der Waals surface area contributed by atoms with Crippen molar-refractivity contribution < 1.29 is 14.9 Å². The number of fused-ring (bicyclic) bond motifs is 1. The second-order valence-electron chi connectivity index (χ2n) is 3.37. The third-order valence-corrected chi connectivity index (χ3v) is 2.18. The van der Waals surface area contributed by atoms with Crippen molar-refractivity contribution in [1.82, 2.24) is 4.98 Å². The Morgan fingerprint density at radius 3 is 3.00 bits per heavy atom. The van der Waals surface area contributed by atoms with Crippen LogP contribution in [0.15, 0.2) is 30.5 Å². The number of nitrogens with one attached hydrogen (secondary N) is 1. The Bertz CT molecular complexity index is 438.